The van der Waals surface area contributed by atoms with Crippen LogP contribution >= 0.6 is 0 Å². The fourth-order valence-electron chi connectivity index (χ4n) is 6.49. The molecular weight excluding hydrogens is 536 g/mol. The molecule has 0 aliphatic rings. The van der Waals surface area contributed by atoms with E-state index in [1.54, 1.807) is 7.05 Å². The van der Waals surface area contributed by atoms with Crippen LogP contribution in [0.1, 0.15) is 11.3 Å². The Hall–Kier alpha value is -5.67. The van der Waals surface area contributed by atoms with Crippen LogP contribution in [0.5, 0.6) is 0 Å². The van der Waals surface area contributed by atoms with Crippen molar-refractivity contribution >= 4 is 66.6 Å². The van der Waals surface area contributed by atoms with E-state index in [9.17, 15) is 0 Å². The van der Waals surface area contributed by atoms with Gasteiger partial charge in [-0.05, 0) is 98.9 Å². The zero-order valence-corrected chi connectivity index (χ0v) is 24.7. The van der Waals surface area contributed by atoms with Crippen molar-refractivity contribution in [3.8, 4) is 11.1 Å². The van der Waals surface area contributed by atoms with Gasteiger partial charge in [-0.15, -0.1) is 0 Å². The normalized spacial score (nSPS) is 11.8. The molecule has 44 heavy (non-hydrogen) atoms. The van der Waals surface area contributed by atoms with E-state index in [0.29, 0.717) is 0 Å². The lowest BCUT2D eigenvalue weighted by Gasteiger charge is -2.25. The Morgan fingerprint density at radius 2 is 1.16 bits per heavy atom. The van der Waals surface area contributed by atoms with Crippen LogP contribution in [0, 0.1) is 6.92 Å². The number of anilines is 3. The molecule has 8 aromatic rings. The van der Waals surface area contributed by atoms with Gasteiger partial charge in [0.1, 0.15) is 11.3 Å². The number of fused-ring (bicyclic) bond motifs is 6. The maximum absolute atomic E-state index is 6.03. The van der Waals surface area contributed by atoms with Gasteiger partial charge in [-0.1, -0.05) is 91.0 Å². The maximum Gasteiger partial charge on any atom is 0.135 e. The third-order valence-corrected chi connectivity index (χ3v) is 8.63. The Labute approximate surface area is 256 Å². The molecule has 0 N–H and O–H groups in total. The highest BCUT2D eigenvalue weighted by atomic mass is 16.3. The van der Waals surface area contributed by atoms with Gasteiger partial charge in [0.15, 0.2) is 0 Å². The number of hydrogen-bond acceptors (Lipinski definition) is 3. The number of para-hydroxylation sites is 1. The Morgan fingerprint density at radius 3 is 1.95 bits per heavy atom. The molecular formula is C41H30N2O. The number of nitrogens with zero attached hydrogens (tertiary/aromatic N) is 2. The molecule has 0 saturated carbocycles. The van der Waals surface area contributed by atoms with Crippen LogP contribution in [0.4, 0.5) is 17.1 Å². The predicted octanol–water partition coefficient (Wildman–Crippen LogP) is 11.4. The molecule has 0 bridgehead atoms. The summed E-state index contributed by atoms with van der Waals surface area (Å²) in [6, 6.07) is 50.1. The van der Waals surface area contributed by atoms with E-state index in [2.05, 4.69) is 149 Å². The van der Waals surface area contributed by atoms with Crippen LogP contribution in [-0.2, 0) is 0 Å². The molecule has 0 unspecified atom stereocenters. The topological polar surface area (TPSA) is 28.7 Å². The minimum Gasteiger partial charge on any atom is -0.461 e. The van der Waals surface area contributed by atoms with Crippen LogP contribution < -0.4 is 4.90 Å². The number of hydrogen-bond donors (Lipinski definition) is 0. The Balaban J connectivity index is 1.19. The molecule has 1 aromatic heterocycles. The first-order valence-electron chi connectivity index (χ1n) is 14.9. The van der Waals surface area contributed by atoms with Gasteiger partial charge in [-0.2, -0.15) is 0 Å². The smallest absolute Gasteiger partial charge is 0.135 e. The summed E-state index contributed by atoms with van der Waals surface area (Å²) in [5.74, 6) is 0.870. The highest BCUT2D eigenvalue weighted by molar-refractivity contribution is 6.17. The van der Waals surface area contributed by atoms with Gasteiger partial charge in [0.25, 0.3) is 0 Å². The summed E-state index contributed by atoms with van der Waals surface area (Å²) in [6.45, 7) is 1.99. The molecule has 1 heterocycles. The fraction of sp³-hybridized carbons (Fsp3) is 0.0488. The summed E-state index contributed by atoms with van der Waals surface area (Å²) in [4.78, 5) is 6.55. The van der Waals surface area contributed by atoms with Gasteiger partial charge >= 0.3 is 0 Å². The Kier molecular flexibility index (Phi) is 6.23. The quantitative estimate of drug-likeness (QED) is 0.153. The minimum absolute atomic E-state index is 0.863. The largest absolute Gasteiger partial charge is 0.461 e. The molecule has 0 atom stereocenters. The van der Waals surface area contributed by atoms with Crippen LogP contribution in [0.15, 0.2) is 149 Å². The lowest BCUT2D eigenvalue weighted by molar-refractivity contribution is 0.578. The highest BCUT2D eigenvalue weighted by Gasteiger charge is 2.16. The molecule has 0 amide bonds. The minimum atomic E-state index is 0.863. The van der Waals surface area contributed by atoms with Crippen LogP contribution in [0.25, 0.3) is 54.4 Å². The van der Waals surface area contributed by atoms with Gasteiger partial charge in [0.2, 0.25) is 0 Å². The molecule has 3 heteroatoms. The van der Waals surface area contributed by atoms with E-state index < -0.39 is 0 Å². The van der Waals surface area contributed by atoms with Gasteiger partial charge in [-0.3, -0.25) is 4.99 Å². The Bertz CT molecular complexity index is 2350. The monoisotopic (exact) mass is 566 g/mol. The van der Waals surface area contributed by atoms with Crippen LogP contribution in [0.2, 0.25) is 0 Å². The van der Waals surface area contributed by atoms with Gasteiger partial charge < -0.3 is 9.32 Å². The van der Waals surface area contributed by atoms with E-state index in [1.807, 2.05) is 13.1 Å². The molecule has 8 rings (SSSR count). The number of aryl methyl sites for hydroxylation is 1. The number of rotatable bonds is 5. The Morgan fingerprint density at radius 1 is 0.523 bits per heavy atom. The molecule has 0 radical (unpaired) electrons. The molecule has 7 aromatic carbocycles. The molecule has 3 nitrogen and oxygen atoms in total. The van der Waals surface area contributed by atoms with E-state index >= 15 is 0 Å². The summed E-state index contributed by atoms with van der Waals surface area (Å²) < 4.78 is 6.03. The predicted molar refractivity (Wildman–Crippen MR) is 187 cm³/mol. The molecule has 0 aliphatic heterocycles. The summed E-state index contributed by atoms with van der Waals surface area (Å²) >= 11 is 0. The third kappa shape index (κ3) is 4.33. The van der Waals surface area contributed by atoms with Crippen molar-refractivity contribution in [2.24, 2.45) is 4.99 Å². The lowest BCUT2D eigenvalue weighted by atomic mass is 9.95. The molecule has 0 saturated heterocycles. The van der Waals surface area contributed by atoms with Crippen molar-refractivity contribution in [2.45, 2.75) is 6.92 Å². The van der Waals surface area contributed by atoms with E-state index in [0.717, 1.165) is 39.4 Å². The lowest BCUT2D eigenvalue weighted by Crippen LogP contribution is -2.09. The third-order valence-electron chi connectivity index (χ3n) is 8.63. The highest BCUT2D eigenvalue weighted by Crippen LogP contribution is 2.39. The molecule has 0 aliphatic carbocycles. The van der Waals surface area contributed by atoms with E-state index in [1.165, 1.54) is 43.4 Å². The van der Waals surface area contributed by atoms with Crippen molar-refractivity contribution < 1.29 is 4.42 Å². The van der Waals surface area contributed by atoms with Crippen LogP contribution in [-0.4, -0.2) is 13.3 Å². The fourth-order valence-corrected chi connectivity index (χ4v) is 6.49. The van der Waals surface area contributed by atoms with Gasteiger partial charge in [-0.25, -0.2) is 0 Å². The summed E-state index contributed by atoms with van der Waals surface area (Å²) in [5.41, 5.74) is 7.51. The first-order valence-corrected chi connectivity index (χ1v) is 14.9. The second kappa shape index (κ2) is 10.6. The number of benzene rings is 7. The SMILES string of the molecule is CN=Cc1c(C)oc2ccc(N(c3ccccc3)c3ccc(-c4ccc5c(ccc6c7ccccc7ccc56)c4)cc3)cc12. The molecule has 0 fully saturated rings. The van der Waals surface area contributed by atoms with Crippen molar-refractivity contribution in [1.82, 2.24) is 0 Å². The van der Waals surface area contributed by atoms with E-state index in [4.69, 9.17) is 4.42 Å². The number of aliphatic imine (C=N–C) groups is 1. The van der Waals surface area contributed by atoms with Crippen molar-refractivity contribution in [3.05, 3.63) is 151 Å². The molecule has 0 spiro atoms. The van der Waals surface area contributed by atoms with Crippen molar-refractivity contribution in [1.29, 1.82) is 0 Å². The standard InChI is InChI=1S/C41H30N2O/c1-27-40(26-42-2)39-25-34(19-23-41(39)44-27)43(32-9-4-3-5-10-32)33-17-12-28(13-18-33)30-15-20-36-31(24-30)16-22-37-35-11-7-6-8-29(35)14-21-38(36)37/h3-26H,1-2H3. The average Bonchev–Trinajstić information content (AvgIpc) is 3.39. The second-order valence-corrected chi connectivity index (χ2v) is 11.2. The van der Waals surface area contributed by atoms with Gasteiger partial charge in [0, 0.05) is 41.3 Å². The molecule has 210 valence electrons. The zero-order chi connectivity index (χ0) is 29.6. The van der Waals surface area contributed by atoms with Crippen molar-refractivity contribution in [3.63, 3.8) is 0 Å². The summed E-state index contributed by atoms with van der Waals surface area (Å²) in [6.07, 6.45) is 1.88. The van der Waals surface area contributed by atoms with Gasteiger partial charge in [0.05, 0.1) is 0 Å². The summed E-state index contributed by atoms with van der Waals surface area (Å²) in [7, 11) is 1.79. The van der Waals surface area contributed by atoms with E-state index in [-0.39, 0.29) is 0 Å². The maximum atomic E-state index is 6.03. The van der Waals surface area contributed by atoms with Crippen LogP contribution in [0.3, 0.4) is 0 Å². The first-order chi connectivity index (χ1) is 21.7. The summed E-state index contributed by atoms with van der Waals surface area (Å²) in [5, 5.41) is 8.74. The van der Waals surface area contributed by atoms with Crippen molar-refractivity contribution in [2.75, 3.05) is 11.9 Å². The number of furan rings is 1. The first kappa shape index (κ1) is 26.0. The zero-order valence-electron chi connectivity index (χ0n) is 24.7. The second-order valence-electron chi connectivity index (χ2n) is 11.2. The average molecular weight is 567 g/mol.